The number of rotatable bonds is 8. The maximum absolute atomic E-state index is 13.1. The first-order valence-electron chi connectivity index (χ1n) is 12.3. The van der Waals surface area contributed by atoms with Crippen molar-refractivity contribution in [1.82, 2.24) is 0 Å². The van der Waals surface area contributed by atoms with Crippen LogP contribution in [0.4, 0.5) is 22.7 Å². The highest BCUT2D eigenvalue weighted by Gasteiger charge is 2.50. The summed E-state index contributed by atoms with van der Waals surface area (Å²) in [7, 11) is 0. The minimum atomic E-state index is -1.46. The molecule has 0 radical (unpaired) electrons. The van der Waals surface area contributed by atoms with Gasteiger partial charge in [-0.25, -0.2) is 30.4 Å². The van der Waals surface area contributed by atoms with E-state index in [0.717, 1.165) is 36.4 Å². The van der Waals surface area contributed by atoms with E-state index in [9.17, 15) is 51.2 Å². The molecule has 2 aliphatic heterocycles. The van der Waals surface area contributed by atoms with Gasteiger partial charge in [-0.1, -0.05) is 0 Å². The van der Waals surface area contributed by atoms with E-state index in [-0.39, 0.29) is 30.8 Å². The maximum atomic E-state index is 13.1. The lowest BCUT2D eigenvalue weighted by molar-refractivity contribution is -0.996. The van der Waals surface area contributed by atoms with Gasteiger partial charge in [0.25, 0.3) is 0 Å². The maximum Gasteiger partial charge on any atom is 0.339 e. The summed E-state index contributed by atoms with van der Waals surface area (Å²) in [6.07, 6.45) is -0.702. The second-order valence-electron chi connectivity index (χ2n) is 9.40. The van der Waals surface area contributed by atoms with Crippen molar-refractivity contribution < 1.29 is 70.3 Å². The summed E-state index contributed by atoms with van der Waals surface area (Å²) in [6, 6.07) is 5.62. The van der Waals surface area contributed by atoms with Crippen molar-refractivity contribution in [2.75, 3.05) is 13.2 Å². The molecule has 0 aliphatic carbocycles. The van der Waals surface area contributed by atoms with Crippen molar-refractivity contribution in [3.63, 3.8) is 0 Å². The molecule has 2 heterocycles. The topological polar surface area (TPSA) is 262 Å². The van der Waals surface area contributed by atoms with E-state index in [1.807, 2.05) is 0 Å². The number of hydrogen-bond acceptors (Lipinski definition) is 14. The Hall–Kier alpha value is -3.18. The Labute approximate surface area is 230 Å². The molecule has 2 fully saturated rings. The van der Waals surface area contributed by atoms with Gasteiger partial charge in [0.1, 0.15) is 6.10 Å². The first-order chi connectivity index (χ1) is 19.4. The molecule has 2 aromatic carbocycles. The number of hydrogen-bond donors (Lipinski definition) is 8. The normalized spacial score (nSPS) is 25.7. The van der Waals surface area contributed by atoms with Gasteiger partial charge in [-0.05, 0) is 12.8 Å². The number of carbonyl (C=O) groups excluding carboxylic acids is 2. The Morgan fingerprint density at radius 2 is 1.20 bits per heavy atom. The average molecular weight is 584 g/mol. The SMILES string of the molecule is O=C(O[C@@H]1CO[C@@]2(CCCCO2)[C@@H](OC(=O)c2cc([NH+]([O-])O)cc([NH+]([O-])O)c2)C1)c1cc([NH+]([O-])O)cc([NH+]([O-])O)c1. The van der Waals surface area contributed by atoms with Crippen molar-refractivity contribution in [2.24, 2.45) is 0 Å². The number of ether oxygens (including phenoxy) is 4. The van der Waals surface area contributed by atoms with Crippen LogP contribution in [0.3, 0.4) is 0 Å². The second-order valence-corrected chi connectivity index (χ2v) is 9.40. The molecule has 2 aromatic rings. The lowest BCUT2D eigenvalue weighted by atomic mass is 9.93. The molecule has 41 heavy (non-hydrogen) atoms. The Balaban J connectivity index is 1.56. The molecule has 224 valence electrons. The highest BCUT2D eigenvalue weighted by atomic mass is 16.8. The molecule has 7 atom stereocenters. The van der Waals surface area contributed by atoms with Crippen LogP contribution in [0, 0.1) is 20.8 Å². The van der Waals surface area contributed by atoms with Crippen molar-refractivity contribution >= 4 is 34.7 Å². The van der Waals surface area contributed by atoms with Crippen molar-refractivity contribution in [3.8, 4) is 0 Å². The molecule has 0 bridgehead atoms. The fraction of sp³-hybridized carbons (Fsp3) is 0.391. The minimum absolute atomic E-state index is 0.147. The van der Waals surface area contributed by atoms with Gasteiger partial charge in [0.15, 0.2) is 28.9 Å². The van der Waals surface area contributed by atoms with Crippen LogP contribution < -0.4 is 20.9 Å². The van der Waals surface area contributed by atoms with Crippen LogP contribution >= 0.6 is 0 Å². The lowest BCUT2D eigenvalue weighted by Crippen LogP contribution is -3.00. The predicted octanol–water partition coefficient (Wildman–Crippen LogP) is -2.63. The summed E-state index contributed by atoms with van der Waals surface area (Å²) in [5.41, 5.74) is -2.46. The Morgan fingerprint density at radius 1 is 0.732 bits per heavy atom. The Kier molecular flexibility index (Phi) is 9.59. The average Bonchev–Trinajstić information content (AvgIpc) is 2.94. The van der Waals surface area contributed by atoms with Gasteiger partial charge in [0.05, 0.1) is 36.5 Å². The fourth-order valence-electron chi connectivity index (χ4n) is 4.59. The molecule has 0 aromatic heterocycles. The number of nitrogens with one attached hydrogen (secondary N) is 4. The monoisotopic (exact) mass is 584 g/mol. The third-order valence-electron chi connectivity index (χ3n) is 6.60. The number of carbonyl (C=O) groups is 2. The zero-order valence-corrected chi connectivity index (χ0v) is 21.2. The van der Waals surface area contributed by atoms with Crippen LogP contribution in [-0.4, -0.2) is 64.0 Å². The minimum Gasteiger partial charge on any atom is -0.595 e. The molecule has 18 heteroatoms. The van der Waals surface area contributed by atoms with Crippen molar-refractivity contribution in [2.45, 2.75) is 43.7 Å². The van der Waals surface area contributed by atoms with Gasteiger partial charge in [0.2, 0.25) is 5.79 Å². The molecule has 1 spiro atoms. The van der Waals surface area contributed by atoms with Crippen LogP contribution in [-0.2, 0) is 18.9 Å². The molecule has 2 aliphatic rings. The molecule has 8 N–H and O–H groups in total. The van der Waals surface area contributed by atoms with Gasteiger partial charge >= 0.3 is 11.9 Å². The summed E-state index contributed by atoms with van der Waals surface area (Å²) in [5, 5.41) is 77.1. The number of benzene rings is 2. The van der Waals surface area contributed by atoms with Crippen LogP contribution in [0.25, 0.3) is 0 Å². The van der Waals surface area contributed by atoms with E-state index in [1.165, 1.54) is 0 Å². The van der Waals surface area contributed by atoms with E-state index in [0.29, 0.717) is 19.3 Å². The summed E-state index contributed by atoms with van der Waals surface area (Å²) >= 11 is 0. The largest absolute Gasteiger partial charge is 0.595 e. The summed E-state index contributed by atoms with van der Waals surface area (Å²) < 4.78 is 22.8. The highest BCUT2D eigenvalue weighted by molar-refractivity contribution is 5.92. The quantitative estimate of drug-likeness (QED) is 0.117. The first kappa shape index (κ1) is 30.8. The Morgan fingerprint density at radius 3 is 1.61 bits per heavy atom. The van der Waals surface area contributed by atoms with Gasteiger partial charge in [-0.3, -0.25) is 0 Å². The molecule has 4 rings (SSSR count). The zero-order valence-electron chi connectivity index (χ0n) is 21.2. The molecule has 0 amide bonds. The summed E-state index contributed by atoms with van der Waals surface area (Å²) in [6.45, 7) is 0.0813. The summed E-state index contributed by atoms with van der Waals surface area (Å²) in [5.74, 6) is -3.52. The van der Waals surface area contributed by atoms with E-state index in [4.69, 9.17) is 18.9 Å². The molecular formula is C23H28N4O14. The van der Waals surface area contributed by atoms with Gasteiger partial charge in [-0.15, -0.1) is 0 Å². The summed E-state index contributed by atoms with van der Waals surface area (Å²) in [4.78, 5) is 26.0. The highest BCUT2D eigenvalue weighted by Crippen LogP contribution is 2.38. The second kappa shape index (κ2) is 12.8. The van der Waals surface area contributed by atoms with E-state index in [2.05, 4.69) is 0 Å². The van der Waals surface area contributed by atoms with E-state index >= 15 is 0 Å². The van der Waals surface area contributed by atoms with Crippen molar-refractivity contribution in [1.29, 1.82) is 0 Å². The Bertz CT molecular complexity index is 1200. The molecular weight excluding hydrogens is 556 g/mol. The van der Waals surface area contributed by atoms with Crippen LogP contribution in [0.5, 0.6) is 0 Å². The molecule has 18 nitrogen and oxygen atoms in total. The standard InChI is InChI=1S/C23H28N4O14/c28-21(13-5-15(24(30)31)9-16(6-13)25(32)33)40-19-11-20(23(39-12-19)3-1-2-4-38-23)41-22(29)14-7-17(26(34)35)10-18(8-14)27(36)37/h5-10,19-20,24-27,30,32,34,36H,1-4,11-12H2/t19-,20-,23-/m0/s1. The number of esters is 2. The van der Waals surface area contributed by atoms with Crippen LogP contribution in [0.1, 0.15) is 46.4 Å². The molecule has 0 saturated carbocycles. The lowest BCUT2D eigenvalue weighted by Gasteiger charge is -2.46. The molecule has 2 saturated heterocycles. The third kappa shape index (κ3) is 7.19. The molecule has 4 unspecified atom stereocenters. The fourth-order valence-corrected chi connectivity index (χ4v) is 4.59. The van der Waals surface area contributed by atoms with Crippen molar-refractivity contribution in [3.05, 3.63) is 68.4 Å². The smallest absolute Gasteiger partial charge is 0.339 e. The van der Waals surface area contributed by atoms with Crippen LogP contribution in [0.15, 0.2) is 36.4 Å². The van der Waals surface area contributed by atoms with Crippen LogP contribution in [0.2, 0.25) is 0 Å². The predicted molar refractivity (Wildman–Crippen MR) is 127 cm³/mol. The van der Waals surface area contributed by atoms with Gasteiger partial charge in [-0.2, -0.15) is 20.9 Å². The van der Waals surface area contributed by atoms with Gasteiger partial charge < -0.3 is 39.8 Å². The van der Waals surface area contributed by atoms with E-state index in [1.54, 1.807) is 0 Å². The van der Waals surface area contributed by atoms with Gasteiger partial charge in [0, 0.05) is 37.1 Å². The first-order valence-corrected chi connectivity index (χ1v) is 12.3. The third-order valence-corrected chi connectivity index (χ3v) is 6.60. The van der Waals surface area contributed by atoms with E-state index < -0.39 is 73.6 Å². The zero-order chi connectivity index (χ0) is 29.9. The number of quaternary nitrogens is 4.